The van der Waals surface area contributed by atoms with Gasteiger partial charge in [0.2, 0.25) is 11.8 Å². The number of benzene rings is 1. The predicted octanol–water partition coefficient (Wildman–Crippen LogP) is 2.45. The highest BCUT2D eigenvalue weighted by molar-refractivity contribution is 5.91. The van der Waals surface area contributed by atoms with Crippen molar-refractivity contribution in [2.45, 2.75) is 26.3 Å². The molecule has 0 unspecified atom stereocenters. The fourth-order valence-electron chi connectivity index (χ4n) is 1.86. The number of nitrogens with one attached hydrogen (secondary N) is 2. The Hall–Kier alpha value is -2.14. The number of rotatable bonds is 5. The van der Waals surface area contributed by atoms with Gasteiger partial charge in [-0.15, -0.1) is 0 Å². The Balaban J connectivity index is 1.89. The summed E-state index contributed by atoms with van der Waals surface area (Å²) in [7, 11) is 0. The molecule has 0 aliphatic carbocycles. The zero-order valence-electron chi connectivity index (χ0n) is 11.9. The first kappa shape index (κ1) is 14.3. The van der Waals surface area contributed by atoms with Crippen molar-refractivity contribution in [3.63, 3.8) is 0 Å². The Kier molecular flexibility index (Phi) is 4.20. The van der Waals surface area contributed by atoms with E-state index in [1.165, 1.54) is 0 Å². The van der Waals surface area contributed by atoms with Gasteiger partial charge >= 0.3 is 0 Å². The van der Waals surface area contributed by atoms with E-state index >= 15 is 0 Å². The number of hydrogen-bond donors (Lipinski definition) is 2. The second-order valence-corrected chi connectivity index (χ2v) is 5.23. The lowest BCUT2D eigenvalue weighted by Crippen LogP contribution is -2.41. The molecule has 0 fully saturated rings. The Bertz CT molecular complexity index is 576. The summed E-state index contributed by atoms with van der Waals surface area (Å²) in [5.74, 6) is 0.206. The van der Waals surface area contributed by atoms with Crippen molar-refractivity contribution in [3.8, 4) is 0 Å². The smallest absolute Gasteiger partial charge is 0.240 e. The number of aryl methyl sites for hydroxylation is 1. The topological polar surface area (TPSA) is 67.2 Å². The van der Waals surface area contributed by atoms with E-state index in [-0.39, 0.29) is 18.0 Å². The zero-order valence-corrected chi connectivity index (χ0v) is 11.9. The van der Waals surface area contributed by atoms with Crippen LogP contribution >= 0.6 is 0 Å². The Morgan fingerprint density at radius 1 is 1.30 bits per heavy atom. The van der Waals surface area contributed by atoms with Gasteiger partial charge in [0.1, 0.15) is 0 Å². The number of aromatic nitrogens is 1. The number of nitrogens with zero attached hydrogens (tertiary/aromatic N) is 1. The molecule has 0 spiro atoms. The molecule has 1 aromatic heterocycles. The molecule has 0 aliphatic heterocycles. The summed E-state index contributed by atoms with van der Waals surface area (Å²) in [5.41, 5.74) is 1.58. The molecule has 1 aromatic carbocycles. The van der Waals surface area contributed by atoms with Gasteiger partial charge in [-0.25, -0.2) is 0 Å². The minimum Gasteiger partial charge on any atom is -0.338 e. The Morgan fingerprint density at radius 3 is 2.60 bits per heavy atom. The quantitative estimate of drug-likeness (QED) is 0.878. The molecule has 1 amide bonds. The first-order chi connectivity index (χ1) is 9.47. The summed E-state index contributed by atoms with van der Waals surface area (Å²) < 4.78 is 4.94. The molecule has 106 valence electrons. The second kappa shape index (κ2) is 5.88. The maximum Gasteiger partial charge on any atom is 0.240 e. The fourth-order valence-corrected chi connectivity index (χ4v) is 1.86. The van der Waals surface area contributed by atoms with Crippen LogP contribution in [0.5, 0.6) is 0 Å². The molecule has 0 saturated heterocycles. The summed E-state index contributed by atoms with van der Waals surface area (Å²) in [6.07, 6.45) is 0. The van der Waals surface area contributed by atoms with Gasteiger partial charge in [0.05, 0.1) is 12.2 Å². The minimum absolute atomic E-state index is 0.162. The number of hydrogen-bond acceptors (Lipinski definition) is 4. The molecule has 0 radical (unpaired) electrons. The molecule has 0 aliphatic rings. The molecule has 0 bridgehead atoms. The third kappa shape index (κ3) is 3.68. The molecule has 2 N–H and O–H groups in total. The lowest BCUT2D eigenvalue weighted by Gasteiger charge is -2.26. The lowest BCUT2D eigenvalue weighted by molar-refractivity contribution is -0.115. The highest BCUT2D eigenvalue weighted by Gasteiger charge is 2.20. The number of carbonyl (C=O) groups excluding carboxylic acids is 1. The van der Waals surface area contributed by atoms with E-state index in [0.29, 0.717) is 5.88 Å². The van der Waals surface area contributed by atoms with Crippen LogP contribution in [0.4, 0.5) is 5.88 Å². The van der Waals surface area contributed by atoms with Crippen LogP contribution < -0.4 is 10.6 Å². The first-order valence-corrected chi connectivity index (χ1v) is 6.51. The molecule has 5 nitrogen and oxygen atoms in total. The van der Waals surface area contributed by atoms with Crippen LogP contribution in [0.3, 0.4) is 0 Å². The van der Waals surface area contributed by atoms with Crippen molar-refractivity contribution in [3.05, 3.63) is 47.7 Å². The van der Waals surface area contributed by atoms with Crippen LogP contribution in [-0.2, 0) is 10.3 Å². The zero-order chi connectivity index (χ0) is 14.6. The van der Waals surface area contributed by atoms with Gasteiger partial charge in [-0.1, -0.05) is 35.5 Å². The maximum atomic E-state index is 11.8. The van der Waals surface area contributed by atoms with Crippen LogP contribution in [0, 0.1) is 6.92 Å². The molecule has 0 atom stereocenters. The highest BCUT2D eigenvalue weighted by Crippen LogP contribution is 2.19. The molecular formula is C15H19N3O2. The molecule has 20 heavy (non-hydrogen) atoms. The van der Waals surface area contributed by atoms with E-state index in [9.17, 15) is 4.79 Å². The van der Waals surface area contributed by atoms with Gasteiger partial charge in [-0.2, -0.15) is 0 Å². The summed E-state index contributed by atoms with van der Waals surface area (Å²) >= 11 is 0. The molecular weight excluding hydrogens is 254 g/mol. The third-order valence-electron chi connectivity index (χ3n) is 3.08. The van der Waals surface area contributed by atoms with E-state index in [0.717, 1.165) is 11.3 Å². The molecule has 0 saturated carbocycles. The first-order valence-electron chi connectivity index (χ1n) is 6.51. The van der Waals surface area contributed by atoms with E-state index < -0.39 is 0 Å². The van der Waals surface area contributed by atoms with E-state index in [1.807, 2.05) is 44.2 Å². The van der Waals surface area contributed by atoms with Gasteiger partial charge < -0.3 is 4.52 Å². The number of carbonyl (C=O) groups is 1. The maximum absolute atomic E-state index is 11.8. The van der Waals surface area contributed by atoms with E-state index in [4.69, 9.17) is 4.52 Å². The molecule has 5 heteroatoms. The van der Waals surface area contributed by atoms with Gasteiger partial charge in [-0.3, -0.25) is 15.4 Å². The fraction of sp³-hybridized carbons (Fsp3) is 0.333. The molecule has 1 heterocycles. The minimum atomic E-state index is -0.282. The second-order valence-electron chi connectivity index (χ2n) is 5.23. The van der Waals surface area contributed by atoms with Crippen molar-refractivity contribution in [1.82, 2.24) is 10.5 Å². The molecule has 2 rings (SSSR count). The van der Waals surface area contributed by atoms with Crippen molar-refractivity contribution in [2.75, 3.05) is 11.9 Å². The summed E-state index contributed by atoms with van der Waals surface area (Å²) in [4.78, 5) is 11.8. The van der Waals surface area contributed by atoms with Gasteiger partial charge in [-0.05, 0) is 26.3 Å². The van der Waals surface area contributed by atoms with Crippen LogP contribution in [0.15, 0.2) is 40.9 Å². The van der Waals surface area contributed by atoms with E-state index in [1.54, 1.807) is 13.0 Å². The molecule has 2 aromatic rings. The van der Waals surface area contributed by atoms with Crippen LogP contribution in [0.2, 0.25) is 0 Å². The van der Waals surface area contributed by atoms with Crippen molar-refractivity contribution in [2.24, 2.45) is 0 Å². The van der Waals surface area contributed by atoms with Crippen molar-refractivity contribution < 1.29 is 9.32 Å². The number of anilines is 1. The van der Waals surface area contributed by atoms with Gasteiger partial charge in [0.15, 0.2) is 0 Å². The van der Waals surface area contributed by atoms with Crippen LogP contribution in [-0.4, -0.2) is 17.6 Å². The van der Waals surface area contributed by atoms with E-state index in [2.05, 4.69) is 15.8 Å². The number of amides is 1. The largest absolute Gasteiger partial charge is 0.338 e. The predicted molar refractivity (Wildman–Crippen MR) is 77.3 cm³/mol. The average molecular weight is 273 g/mol. The normalized spacial score (nSPS) is 11.3. The van der Waals surface area contributed by atoms with Gasteiger partial charge in [0, 0.05) is 11.6 Å². The SMILES string of the molecule is Cc1cc(NC(=O)CNC(C)(C)c2ccccc2)on1. The summed E-state index contributed by atoms with van der Waals surface area (Å²) in [6.45, 7) is 6.07. The monoisotopic (exact) mass is 273 g/mol. The lowest BCUT2D eigenvalue weighted by atomic mass is 9.94. The van der Waals surface area contributed by atoms with Gasteiger partial charge in [0.25, 0.3) is 0 Å². The summed E-state index contributed by atoms with van der Waals surface area (Å²) in [5, 5.41) is 9.60. The third-order valence-corrected chi connectivity index (χ3v) is 3.08. The Morgan fingerprint density at radius 2 is 2.00 bits per heavy atom. The average Bonchev–Trinajstić information content (AvgIpc) is 2.83. The highest BCUT2D eigenvalue weighted by atomic mass is 16.5. The van der Waals surface area contributed by atoms with Crippen molar-refractivity contribution in [1.29, 1.82) is 0 Å². The summed E-state index contributed by atoms with van der Waals surface area (Å²) in [6, 6.07) is 11.7. The standard InChI is InChI=1S/C15H19N3O2/c1-11-9-14(20-18-11)17-13(19)10-16-15(2,3)12-7-5-4-6-8-12/h4-9,16H,10H2,1-3H3,(H,17,19). The van der Waals surface area contributed by atoms with Crippen LogP contribution in [0.1, 0.15) is 25.1 Å². The Labute approximate surface area is 118 Å². The van der Waals surface area contributed by atoms with Crippen molar-refractivity contribution >= 4 is 11.8 Å². The van der Waals surface area contributed by atoms with Crippen LogP contribution in [0.25, 0.3) is 0 Å².